The molecule has 0 bridgehead atoms. The maximum absolute atomic E-state index is 6.46. The summed E-state index contributed by atoms with van der Waals surface area (Å²) >= 11 is 0. The molecule has 0 saturated heterocycles. The minimum absolute atomic E-state index is 0.579. The fraction of sp³-hybridized carbons (Fsp3) is 0. The number of hydrogen-bond acceptors (Lipinski definition) is 6. The predicted molar refractivity (Wildman–Crippen MR) is 191 cm³/mol. The third kappa shape index (κ3) is 4.27. The van der Waals surface area contributed by atoms with Crippen LogP contribution in [-0.4, -0.2) is 19.9 Å². The molecule has 0 aliphatic rings. The number of fused-ring (bicyclic) bond motifs is 8. The monoisotopic (exact) mass is 616 g/mol. The average Bonchev–Trinajstić information content (AvgIpc) is 3.76. The average molecular weight is 617 g/mol. The van der Waals surface area contributed by atoms with Crippen LogP contribution in [0.15, 0.2) is 154 Å². The van der Waals surface area contributed by atoms with Crippen LogP contribution in [0.1, 0.15) is 0 Å². The van der Waals surface area contributed by atoms with Crippen molar-refractivity contribution >= 4 is 54.6 Å². The smallest absolute Gasteiger partial charge is 0.227 e. The number of furan rings is 1. The van der Waals surface area contributed by atoms with E-state index in [1.165, 1.54) is 0 Å². The van der Waals surface area contributed by atoms with Gasteiger partial charge in [0.2, 0.25) is 5.89 Å². The van der Waals surface area contributed by atoms with Crippen molar-refractivity contribution in [1.29, 1.82) is 0 Å². The van der Waals surface area contributed by atoms with Crippen molar-refractivity contribution in [3.63, 3.8) is 0 Å². The highest BCUT2D eigenvalue weighted by Gasteiger charge is 2.18. The van der Waals surface area contributed by atoms with Gasteiger partial charge in [-0.05, 0) is 64.0 Å². The lowest BCUT2D eigenvalue weighted by Crippen LogP contribution is -2.00. The van der Waals surface area contributed by atoms with Gasteiger partial charge in [-0.25, -0.2) is 19.9 Å². The standard InChI is InChI=1S/C42H24N4O2/c1-4-10-25(11-5-1)39-44-40(26-12-6-2-7-13-26)46-41(45-39)30-18-19-31-28(22-30)16-17-29-23-36-34(24-33(29)31)32-20-21-35-37(38(32)47-36)43-42(48-35)27-14-8-3-9-15-27/h1-24H. The van der Waals surface area contributed by atoms with Gasteiger partial charge in [0.1, 0.15) is 5.58 Å². The molecule has 0 amide bonds. The van der Waals surface area contributed by atoms with E-state index in [9.17, 15) is 0 Å². The van der Waals surface area contributed by atoms with Gasteiger partial charge in [-0.1, -0.05) is 103 Å². The first-order chi connectivity index (χ1) is 23.7. The molecule has 0 atom stereocenters. The number of benzene rings is 7. The Morgan fingerprint density at radius 3 is 1.60 bits per heavy atom. The Labute approximate surface area is 274 Å². The van der Waals surface area contributed by atoms with E-state index >= 15 is 0 Å². The molecule has 7 aromatic carbocycles. The van der Waals surface area contributed by atoms with Gasteiger partial charge < -0.3 is 8.83 Å². The van der Waals surface area contributed by atoms with Crippen molar-refractivity contribution in [2.45, 2.75) is 0 Å². The van der Waals surface area contributed by atoms with Crippen LogP contribution in [0.3, 0.4) is 0 Å². The van der Waals surface area contributed by atoms with E-state index in [1.807, 2.05) is 97.1 Å². The van der Waals surface area contributed by atoms with Gasteiger partial charge in [0.15, 0.2) is 34.2 Å². The van der Waals surface area contributed by atoms with Crippen LogP contribution in [-0.2, 0) is 0 Å². The Kier molecular flexibility index (Phi) is 5.77. The summed E-state index contributed by atoms with van der Waals surface area (Å²) in [7, 11) is 0. The Balaban J connectivity index is 1.12. The summed E-state index contributed by atoms with van der Waals surface area (Å²) in [6, 6.07) is 49.1. The van der Waals surface area contributed by atoms with E-state index in [-0.39, 0.29) is 0 Å². The zero-order chi connectivity index (χ0) is 31.6. The molecule has 0 aliphatic carbocycles. The highest BCUT2D eigenvalue weighted by Crippen LogP contribution is 2.39. The molecule has 224 valence electrons. The van der Waals surface area contributed by atoms with Crippen LogP contribution in [0.4, 0.5) is 0 Å². The number of rotatable bonds is 4. The van der Waals surface area contributed by atoms with Crippen LogP contribution in [0.5, 0.6) is 0 Å². The lowest BCUT2D eigenvalue weighted by Gasteiger charge is -2.10. The predicted octanol–water partition coefficient (Wildman–Crippen LogP) is 10.9. The van der Waals surface area contributed by atoms with E-state index in [0.29, 0.717) is 28.9 Å². The molecule has 0 aliphatic heterocycles. The van der Waals surface area contributed by atoms with Crippen molar-refractivity contribution in [3.8, 4) is 45.6 Å². The molecule has 0 radical (unpaired) electrons. The van der Waals surface area contributed by atoms with Crippen LogP contribution < -0.4 is 0 Å². The molecular formula is C42H24N4O2. The minimum atomic E-state index is 0.579. The van der Waals surface area contributed by atoms with Gasteiger partial charge >= 0.3 is 0 Å². The second-order valence-corrected chi connectivity index (χ2v) is 11.9. The topological polar surface area (TPSA) is 77.8 Å². The summed E-state index contributed by atoms with van der Waals surface area (Å²) < 4.78 is 12.6. The Bertz CT molecular complexity index is 2770. The molecule has 3 heterocycles. The zero-order valence-corrected chi connectivity index (χ0v) is 25.5. The van der Waals surface area contributed by atoms with Gasteiger partial charge in [-0.2, -0.15) is 0 Å². The van der Waals surface area contributed by atoms with E-state index in [4.69, 9.17) is 28.8 Å². The Morgan fingerprint density at radius 2 is 0.938 bits per heavy atom. The summed E-state index contributed by atoms with van der Waals surface area (Å²) in [4.78, 5) is 19.6. The van der Waals surface area contributed by atoms with Crippen LogP contribution >= 0.6 is 0 Å². The first kappa shape index (κ1) is 26.5. The minimum Gasteiger partial charge on any atom is -0.454 e. The summed E-state index contributed by atoms with van der Waals surface area (Å²) in [5.74, 6) is 2.50. The van der Waals surface area contributed by atoms with Gasteiger partial charge in [-0.3, -0.25) is 0 Å². The zero-order valence-electron chi connectivity index (χ0n) is 25.5. The maximum Gasteiger partial charge on any atom is 0.227 e. The first-order valence-corrected chi connectivity index (χ1v) is 15.8. The highest BCUT2D eigenvalue weighted by atomic mass is 16.4. The molecule has 0 fully saturated rings. The van der Waals surface area contributed by atoms with Crippen molar-refractivity contribution in [3.05, 3.63) is 146 Å². The molecule has 0 spiro atoms. The van der Waals surface area contributed by atoms with Crippen LogP contribution in [0, 0.1) is 0 Å². The van der Waals surface area contributed by atoms with E-state index in [1.54, 1.807) is 0 Å². The van der Waals surface area contributed by atoms with E-state index in [0.717, 1.165) is 71.3 Å². The Morgan fingerprint density at radius 1 is 0.354 bits per heavy atom. The van der Waals surface area contributed by atoms with Gasteiger partial charge in [0.25, 0.3) is 0 Å². The molecule has 10 aromatic rings. The lowest BCUT2D eigenvalue weighted by molar-refractivity contribution is 0.620. The van der Waals surface area contributed by atoms with Crippen molar-refractivity contribution in [2.24, 2.45) is 0 Å². The largest absolute Gasteiger partial charge is 0.454 e. The molecule has 48 heavy (non-hydrogen) atoms. The van der Waals surface area contributed by atoms with Crippen molar-refractivity contribution in [1.82, 2.24) is 19.9 Å². The number of hydrogen-bond donors (Lipinski definition) is 0. The number of aromatic nitrogens is 4. The SMILES string of the molecule is c1ccc(-c2nc(-c3ccccc3)nc(-c3ccc4c(ccc5cc6oc7c(ccc8oc(-c9ccccc9)nc87)c6cc54)c3)n2)cc1. The van der Waals surface area contributed by atoms with Crippen LogP contribution in [0.25, 0.3) is 100 Å². The molecular weight excluding hydrogens is 592 g/mol. The molecule has 3 aromatic heterocycles. The third-order valence-corrected chi connectivity index (χ3v) is 8.93. The fourth-order valence-corrected chi connectivity index (χ4v) is 6.56. The maximum atomic E-state index is 6.46. The second-order valence-electron chi connectivity index (χ2n) is 11.9. The highest BCUT2D eigenvalue weighted by molar-refractivity contribution is 6.19. The summed E-state index contributed by atoms with van der Waals surface area (Å²) in [6.45, 7) is 0. The van der Waals surface area contributed by atoms with Gasteiger partial charge in [0, 0.05) is 33.0 Å². The normalized spacial score (nSPS) is 11.8. The molecule has 0 unspecified atom stereocenters. The van der Waals surface area contributed by atoms with Crippen molar-refractivity contribution in [2.75, 3.05) is 0 Å². The summed E-state index contributed by atoms with van der Waals surface area (Å²) in [5, 5.41) is 6.53. The molecule has 6 nitrogen and oxygen atoms in total. The summed E-state index contributed by atoms with van der Waals surface area (Å²) in [5.41, 5.74) is 6.72. The van der Waals surface area contributed by atoms with Gasteiger partial charge in [0.05, 0.1) is 0 Å². The number of nitrogens with zero attached hydrogens (tertiary/aromatic N) is 4. The molecule has 0 saturated carbocycles. The molecule has 6 heteroatoms. The quantitative estimate of drug-likeness (QED) is 0.183. The third-order valence-electron chi connectivity index (χ3n) is 8.93. The number of oxazole rings is 1. The molecule has 0 N–H and O–H groups in total. The first-order valence-electron chi connectivity index (χ1n) is 15.8. The van der Waals surface area contributed by atoms with E-state index in [2.05, 4.69) is 48.5 Å². The van der Waals surface area contributed by atoms with Crippen LogP contribution in [0.2, 0.25) is 0 Å². The second kappa shape index (κ2) is 10.4. The lowest BCUT2D eigenvalue weighted by atomic mass is 9.98. The van der Waals surface area contributed by atoms with Crippen molar-refractivity contribution < 1.29 is 8.83 Å². The molecule has 10 rings (SSSR count). The fourth-order valence-electron chi connectivity index (χ4n) is 6.56. The summed E-state index contributed by atoms with van der Waals surface area (Å²) in [6.07, 6.45) is 0. The van der Waals surface area contributed by atoms with Gasteiger partial charge in [-0.15, -0.1) is 0 Å². The Hall–Kier alpha value is -6.66. The van der Waals surface area contributed by atoms with E-state index < -0.39 is 0 Å².